The van der Waals surface area contributed by atoms with Crippen molar-refractivity contribution >= 4 is 0 Å². The first kappa shape index (κ1) is 9.16. The van der Waals surface area contributed by atoms with Gasteiger partial charge in [0.1, 0.15) is 0 Å². The quantitative estimate of drug-likeness (QED) is 0.620. The van der Waals surface area contributed by atoms with E-state index in [1.165, 1.54) is 5.56 Å². The van der Waals surface area contributed by atoms with Crippen LogP contribution in [0, 0.1) is 0 Å². The summed E-state index contributed by atoms with van der Waals surface area (Å²) in [6, 6.07) is 4.04. The largest absolute Gasteiger partial charge is 0.318 e. The van der Waals surface area contributed by atoms with Crippen LogP contribution in [0.4, 0.5) is 0 Å². The van der Waals surface area contributed by atoms with E-state index in [1.54, 1.807) is 0 Å². The molecule has 0 fully saturated rings. The van der Waals surface area contributed by atoms with Crippen LogP contribution in [-0.2, 0) is 6.54 Å². The summed E-state index contributed by atoms with van der Waals surface area (Å²) >= 11 is 0. The zero-order chi connectivity index (χ0) is 8.65. The van der Waals surface area contributed by atoms with Crippen LogP contribution in [0.15, 0.2) is 24.5 Å². The molecule has 0 saturated heterocycles. The molecule has 0 spiro atoms. The highest BCUT2D eigenvalue weighted by Crippen LogP contribution is 1.93. The first-order valence-electron chi connectivity index (χ1n) is 4.17. The second-order valence-electron chi connectivity index (χ2n) is 2.64. The molecule has 0 unspecified atom stereocenters. The summed E-state index contributed by atoms with van der Waals surface area (Å²) in [7, 11) is 1.95. The van der Waals surface area contributed by atoms with Gasteiger partial charge >= 0.3 is 0 Å². The fourth-order valence-electron chi connectivity index (χ4n) is 0.947. The number of hydrogen-bond acceptors (Lipinski definition) is 3. The minimum Gasteiger partial charge on any atom is -0.318 e. The molecule has 1 rings (SSSR count). The molecule has 0 aliphatic heterocycles. The molecule has 0 aromatic carbocycles. The average molecular weight is 165 g/mol. The van der Waals surface area contributed by atoms with Crippen molar-refractivity contribution in [3.8, 4) is 0 Å². The maximum absolute atomic E-state index is 3.95. The number of nitrogens with zero attached hydrogens (tertiary/aromatic N) is 1. The van der Waals surface area contributed by atoms with Crippen molar-refractivity contribution in [3.63, 3.8) is 0 Å². The standard InChI is InChI=1S/C9H15N3/c1-10-6-7-12-8-9-2-4-11-5-3-9/h2-5,10,12H,6-8H2,1H3. The van der Waals surface area contributed by atoms with Crippen LogP contribution in [0.2, 0.25) is 0 Å². The van der Waals surface area contributed by atoms with Gasteiger partial charge in [0, 0.05) is 32.0 Å². The first-order valence-corrected chi connectivity index (χ1v) is 4.17. The highest BCUT2D eigenvalue weighted by molar-refractivity contribution is 5.08. The van der Waals surface area contributed by atoms with Crippen molar-refractivity contribution in [1.82, 2.24) is 15.6 Å². The van der Waals surface area contributed by atoms with Gasteiger partial charge in [-0.2, -0.15) is 0 Å². The van der Waals surface area contributed by atoms with Crippen molar-refractivity contribution in [3.05, 3.63) is 30.1 Å². The smallest absolute Gasteiger partial charge is 0.0271 e. The summed E-state index contributed by atoms with van der Waals surface area (Å²) in [4.78, 5) is 3.95. The summed E-state index contributed by atoms with van der Waals surface area (Å²) in [6.07, 6.45) is 3.63. The number of likely N-dealkylation sites (N-methyl/N-ethyl adjacent to an activating group) is 1. The first-order chi connectivity index (χ1) is 5.93. The monoisotopic (exact) mass is 165 g/mol. The van der Waals surface area contributed by atoms with Gasteiger partial charge in [0.2, 0.25) is 0 Å². The SMILES string of the molecule is CNCCNCc1ccncc1. The van der Waals surface area contributed by atoms with Gasteiger partial charge in [0.05, 0.1) is 0 Å². The van der Waals surface area contributed by atoms with Crippen LogP contribution in [0.25, 0.3) is 0 Å². The van der Waals surface area contributed by atoms with Gasteiger partial charge in [-0.15, -0.1) is 0 Å². The van der Waals surface area contributed by atoms with Crippen molar-refractivity contribution in [2.24, 2.45) is 0 Å². The van der Waals surface area contributed by atoms with Crippen LogP contribution >= 0.6 is 0 Å². The van der Waals surface area contributed by atoms with Crippen LogP contribution in [-0.4, -0.2) is 25.1 Å². The Morgan fingerprint density at radius 2 is 2.00 bits per heavy atom. The van der Waals surface area contributed by atoms with Crippen molar-refractivity contribution in [1.29, 1.82) is 0 Å². The molecule has 0 radical (unpaired) electrons. The summed E-state index contributed by atoms with van der Waals surface area (Å²) in [5.41, 5.74) is 1.28. The molecule has 0 aliphatic carbocycles. The Kier molecular flexibility index (Phi) is 4.34. The summed E-state index contributed by atoms with van der Waals surface area (Å²) in [5.74, 6) is 0. The van der Waals surface area contributed by atoms with Gasteiger partial charge in [-0.25, -0.2) is 0 Å². The van der Waals surface area contributed by atoms with Crippen molar-refractivity contribution < 1.29 is 0 Å². The highest BCUT2D eigenvalue weighted by Gasteiger charge is 1.88. The average Bonchev–Trinajstić information content (AvgIpc) is 2.14. The summed E-state index contributed by atoms with van der Waals surface area (Å²) in [5, 5.41) is 6.39. The normalized spacial score (nSPS) is 10.1. The highest BCUT2D eigenvalue weighted by atomic mass is 14.9. The predicted molar refractivity (Wildman–Crippen MR) is 49.9 cm³/mol. The molecule has 1 aromatic heterocycles. The van der Waals surface area contributed by atoms with Crippen molar-refractivity contribution in [2.75, 3.05) is 20.1 Å². The maximum Gasteiger partial charge on any atom is 0.0271 e. The van der Waals surface area contributed by atoms with E-state index in [-0.39, 0.29) is 0 Å². The van der Waals surface area contributed by atoms with Crippen LogP contribution < -0.4 is 10.6 Å². The fraction of sp³-hybridized carbons (Fsp3) is 0.444. The third kappa shape index (κ3) is 3.46. The lowest BCUT2D eigenvalue weighted by atomic mass is 10.3. The van der Waals surface area contributed by atoms with E-state index in [2.05, 4.69) is 15.6 Å². The van der Waals surface area contributed by atoms with Crippen molar-refractivity contribution in [2.45, 2.75) is 6.54 Å². The van der Waals surface area contributed by atoms with Gasteiger partial charge < -0.3 is 10.6 Å². The molecule has 0 aliphatic rings. The Balaban J connectivity index is 2.16. The Morgan fingerprint density at radius 3 is 2.67 bits per heavy atom. The lowest BCUT2D eigenvalue weighted by molar-refractivity contribution is 0.650. The van der Waals surface area contributed by atoms with Gasteiger partial charge in [0.15, 0.2) is 0 Å². The maximum atomic E-state index is 3.95. The molecule has 1 aromatic rings. The van der Waals surface area contributed by atoms with E-state index in [1.807, 2.05) is 31.6 Å². The van der Waals surface area contributed by atoms with Gasteiger partial charge in [-0.3, -0.25) is 4.98 Å². The molecule has 66 valence electrons. The second kappa shape index (κ2) is 5.69. The third-order valence-corrected chi connectivity index (χ3v) is 1.63. The van der Waals surface area contributed by atoms with Crippen LogP contribution in [0.1, 0.15) is 5.56 Å². The van der Waals surface area contributed by atoms with Gasteiger partial charge in [0.25, 0.3) is 0 Å². The molecule has 3 heteroatoms. The summed E-state index contributed by atoms with van der Waals surface area (Å²) < 4.78 is 0. The minimum absolute atomic E-state index is 0.921. The summed E-state index contributed by atoms with van der Waals surface area (Å²) in [6.45, 7) is 2.92. The molecular weight excluding hydrogens is 150 g/mol. The van der Waals surface area contributed by atoms with Gasteiger partial charge in [-0.05, 0) is 24.7 Å². The Bertz CT molecular complexity index is 198. The van der Waals surface area contributed by atoms with E-state index >= 15 is 0 Å². The molecule has 0 saturated carbocycles. The minimum atomic E-state index is 0.921. The van der Waals surface area contributed by atoms with E-state index in [4.69, 9.17) is 0 Å². The lowest BCUT2D eigenvalue weighted by Gasteiger charge is -2.03. The van der Waals surface area contributed by atoms with Crippen LogP contribution in [0.3, 0.4) is 0 Å². The zero-order valence-electron chi connectivity index (χ0n) is 7.38. The predicted octanol–water partition coefficient (Wildman–Crippen LogP) is 0.391. The Hall–Kier alpha value is -0.930. The molecule has 0 amide bonds. The molecule has 2 N–H and O–H groups in total. The molecule has 3 nitrogen and oxygen atoms in total. The molecular formula is C9H15N3. The third-order valence-electron chi connectivity index (χ3n) is 1.63. The molecule has 0 atom stereocenters. The Labute approximate surface area is 73.2 Å². The molecule has 12 heavy (non-hydrogen) atoms. The topological polar surface area (TPSA) is 37.0 Å². The zero-order valence-corrected chi connectivity index (χ0v) is 7.38. The number of nitrogens with one attached hydrogen (secondary N) is 2. The molecule has 0 bridgehead atoms. The Morgan fingerprint density at radius 1 is 1.25 bits per heavy atom. The van der Waals surface area contributed by atoms with E-state index in [9.17, 15) is 0 Å². The number of hydrogen-bond donors (Lipinski definition) is 2. The van der Waals surface area contributed by atoms with Crippen LogP contribution in [0.5, 0.6) is 0 Å². The number of pyridine rings is 1. The molecule has 1 heterocycles. The lowest BCUT2D eigenvalue weighted by Crippen LogP contribution is -2.24. The second-order valence-corrected chi connectivity index (χ2v) is 2.64. The van der Waals surface area contributed by atoms with Gasteiger partial charge in [-0.1, -0.05) is 0 Å². The number of rotatable bonds is 5. The number of aromatic nitrogens is 1. The van der Waals surface area contributed by atoms with E-state index < -0.39 is 0 Å². The fourth-order valence-corrected chi connectivity index (χ4v) is 0.947. The van der Waals surface area contributed by atoms with E-state index in [0.717, 1.165) is 19.6 Å². The van der Waals surface area contributed by atoms with E-state index in [0.29, 0.717) is 0 Å².